The number of unbranched alkanes of at least 4 members (excludes halogenated alkanes) is 1. The molecular weight excluding hydrogens is 210 g/mol. The molecule has 0 aromatic rings. The monoisotopic (exact) mass is 239 g/mol. The average molecular weight is 239 g/mol. The molecule has 0 bridgehead atoms. The number of hydrogen-bond acceptors (Lipinski definition) is 2. The van der Waals surface area contributed by atoms with Gasteiger partial charge in [-0.2, -0.15) is 0 Å². The van der Waals surface area contributed by atoms with Crippen molar-refractivity contribution in [2.45, 2.75) is 53.4 Å². The first-order valence-electron chi connectivity index (χ1n) is 6.80. The van der Waals surface area contributed by atoms with Crippen LogP contribution < -0.4 is 5.73 Å². The summed E-state index contributed by atoms with van der Waals surface area (Å²) in [5.41, 5.74) is 5.97. The Bertz CT molecular complexity index is 269. The zero-order valence-corrected chi connectivity index (χ0v) is 12.0. The Hall–Kier alpha value is -0.570. The van der Waals surface area contributed by atoms with E-state index in [1.165, 1.54) is 38.9 Å². The third-order valence-electron chi connectivity index (χ3n) is 4.01. The van der Waals surface area contributed by atoms with Crippen molar-refractivity contribution in [3.63, 3.8) is 0 Å². The van der Waals surface area contributed by atoms with Crippen molar-refractivity contribution in [2.24, 2.45) is 16.6 Å². The maximum absolute atomic E-state index is 7.52. The van der Waals surface area contributed by atoms with Gasteiger partial charge in [-0.25, -0.2) is 0 Å². The van der Waals surface area contributed by atoms with Crippen molar-refractivity contribution >= 4 is 5.84 Å². The molecule has 0 unspecified atom stereocenters. The lowest BCUT2D eigenvalue weighted by molar-refractivity contribution is 0.280. The second-order valence-corrected chi connectivity index (χ2v) is 6.95. The van der Waals surface area contributed by atoms with Gasteiger partial charge in [-0.15, -0.1) is 0 Å². The zero-order valence-electron chi connectivity index (χ0n) is 12.0. The molecule has 100 valence electrons. The molecule has 0 radical (unpaired) electrons. The molecule has 0 amide bonds. The molecule has 1 aliphatic rings. The van der Waals surface area contributed by atoms with Gasteiger partial charge in [0.2, 0.25) is 0 Å². The van der Waals surface area contributed by atoms with E-state index in [4.69, 9.17) is 11.1 Å². The van der Waals surface area contributed by atoms with Crippen LogP contribution in [0.25, 0.3) is 0 Å². The van der Waals surface area contributed by atoms with E-state index >= 15 is 0 Å². The third kappa shape index (κ3) is 4.66. The van der Waals surface area contributed by atoms with E-state index in [9.17, 15) is 0 Å². The number of amidine groups is 1. The van der Waals surface area contributed by atoms with Crippen LogP contribution in [-0.4, -0.2) is 30.4 Å². The van der Waals surface area contributed by atoms with E-state index in [0.29, 0.717) is 11.3 Å². The Morgan fingerprint density at radius 1 is 1.35 bits per heavy atom. The smallest absolute Gasteiger partial charge is 0.0963 e. The van der Waals surface area contributed by atoms with Crippen LogP contribution in [0.4, 0.5) is 0 Å². The van der Waals surface area contributed by atoms with E-state index in [0.717, 1.165) is 6.42 Å². The van der Waals surface area contributed by atoms with E-state index in [-0.39, 0.29) is 5.41 Å². The highest BCUT2D eigenvalue weighted by Gasteiger charge is 2.28. The molecule has 1 saturated heterocycles. The number of rotatable bonds is 6. The van der Waals surface area contributed by atoms with Crippen LogP contribution in [0.2, 0.25) is 0 Å². The fraction of sp³-hybridized carbons (Fsp3) is 0.929. The van der Waals surface area contributed by atoms with Crippen LogP contribution in [0, 0.1) is 16.2 Å². The van der Waals surface area contributed by atoms with E-state index in [2.05, 4.69) is 32.6 Å². The topological polar surface area (TPSA) is 53.1 Å². The molecule has 0 aromatic carbocycles. The van der Waals surface area contributed by atoms with Crippen molar-refractivity contribution in [2.75, 3.05) is 19.6 Å². The molecule has 3 heteroatoms. The van der Waals surface area contributed by atoms with Crippen molar-refractivity contribution in [1.29, 1.82) is 5.41 Å². The maximum Gasteiger partial charge on any atom is 0.0963 e. The molecule has 1 fully saturated rings. The Kier molecular flexibility index (Phi) is 4.59. The largest absolute Gasteiger partial charge is 0.387 e. The van der Waals surface area contributed by atoms with Gasteiger partial charge >= 0.3 is 0 Å². The standard InChI is InChI=1S/C14H29N3/c1-13(2)8-10-17(11-13)9-6-5-7-14(3,4)12(15)16/h5-11H2,1-4H3,(H3,15,16). The maximum atomic E-state index is 7.52. The SMILES string of the molecule is CC1(C)CCN(CCCCC(C)(C)C(=N)N)C1. The molecule has 0 spiro atoms. The van der Waals surface area contributed by atoms with E-state index in [1.54, 1.807) is 0 Å². The second kappa shape index (κ2) is 5.38. The van der Waals surface area contributed by atoms with Crippen molar-refractivity contribution in [3.8, 4) is 0 Å². The van der Waals surface area contributed by atoms with Gasteiger partial charge in [-0.3, -0.25) is 5.41 Å². The van der Waals surface area contributed by atoms with Crippen LogP contribution in [0.1, 0.15) is 53.4 Å². The molecule has 0 saturated carbocycles. The van der Waals surface area contributed by atoms with Crippen molar-refractivity contribution in [3.05, 3.63) is 0 Å². The number of nitrogens with one attached hydrogen (secondary N) is 1. The van der Waals surface area contributed by atoms with Crippen molar-refractivity contribution in [1.82, 2.24) is 4.90 Å². The summed E-state index contributed by atoms with van der Waals surface area (Å²) in [6.45, 7) is 12.5. The predicted molar refractivity (Wildman–Crippen MR) is 74.4 cm³/mol. The van der Waals surface area contributed by atoms with Crippen LogP contribution >= 0.6 is 0 Å². The summed E-state index contributed by atoms with van der Waals surface area (Å²) in [5, 5.41) is 7.52. The number of nitrogens with two attached hydrogens (primary N) is 1. The first-order valence-corrected chi connectivity index (χ1v) is 6.80. The van der Waals surface area contributed by atoms with Gasteiger partial charge < -0.3 is 10.6 Å². The molecule has 0 atom stereocenters. The number of hydrogen-bond donors (Lipinski definition) is 2. The predicted octanol–water partition coefficient (Wildman–Crippen LogP) is 2.85. The summed E-state index contributed by atoms with van der Waals surface area (Å²) in [5.74, 6) is 0.319. The summed E-state index contributed by atoms with van der Waals surface area (Å²) in [4.78, 5) is 2.57. The highest BCUT2D eigenvalue weighted by Crippen LogP contribution is 2.29. The Labute approximate surface area is 106 Å². The Balaban J connectivity index is 2.15. The summed E-state index contributed by atoms with van der Waals surface area (Å²) >= 11 is 0. The van der Waals surface area contributed by atoms with Gasteiger partial charge in [0, 0.05) is 12.0 Å². The first-order chi connectivity index (χ1) is 7.73. The molecule has 1 rings (SSSR count). The van der Waals surface area contributed by atoms with Gasteiger partial charge in [0.05, 0.1) is 5.84 Å². The molecule has 1 aliphatic heterocycles. The quantitative estimate of drug-likeness (QED) is 0.425. The molecule has 3 nitrogen and oxygen atoms in total. The first kappa shape index (κ1) is 14.5. The highest BCUT2D eigenvalue weighted by atomic mass is 15.1. The van der Waals surface area contributed by atoms with E-state index in [1.807, 2.05) is 0 Å². The molecule has 0 aromatic heterocycles. The minimum Gasteiger partial charge on any atom is -0.387 e. The molecule has 0 aliphatic carbocycles. The average Bonchev–Trinajstić information content (AvgIpc) is 2.53. The second-order valence-electron chi connectivity index (χ2n) is 6.95. The lowest BCUT2D eigenvalue weighted by Gasteiger charge is -2.24. The third-order valence-corrected chi connectivity index (χ3v) is 4.01. The summed E-state index contributed by atoms with van der Waals surface area (Å²) in [7, 11) is 0. The zero-order chi connectivity index (χ0) is 13.1. The Morgan fingerprint density at radius 2 is 2.00 bits per heavy atom. The van der Waals surface area contributed by atoms with Gasteiger partial charge in [0.15, 0.2) is 0 Å². The van der Waals surface area contributed by atoms with Crippen LogP contribution in [-0.2, 0) is 0 Å². The molecule has 17 heavy (non-hydrogen) atoms. The van der Waals surface area contributed by atoms with Crippen LogP contribution in [0.3, 0.4) is 0 Å². The summed E-state index contributed by atoms with van der Waals surface area (Å²) in [6, 6.07) is 0. The highest BCUT2D eigenvalue weighted by molar-refractivity contribution is 5.82. The van der Waals surface area contributed by atoms with Gasteiger partial charge in [0.25, 0.3) is 0 Å². The number of likely N-dealkylation sites (tertiary alicyclic amines) is 1. The minimum atomic E-state index is -0.121. The van der Waals surface area contributed by atoms with E-state index < -0.39 is 0 Å². The molecule has 1 heterocycles. The molecular formula is C14H29N3. The summed E-state index contributed by atoms with van der Waals surface area (Å²) < 4.78 is 0. The fourth-order valence-electron chi connectivity index (χ4n) is 2.45. The summed E-state index contributed by atoms with van der Waals surface area (Å²) in [6.07, 6.45) is 4.75. The molecule has 3 N–H and O–H groups in total. The van der Waals surface area contributed by atoms with Gasteiger partial charge in [-0.05, 0) is 37.8 Å². The number of nitrogens with zero attached hydrogens (tertiary/aromatic N) is 1. The fourth-order valence-corrected chi connectivity index (χ4v) is 2.45. The normalized spacial score (nSPS) is 20.7. The van der Waals surface area contributed by atoms with Crippen LogP contribution in [0.15, 0.2) is 0 Å². The van der Waals surface area contributed by atoms with Crippen LogP contribution in [0.5, 0.6) is 0 Å². The van der Waals surface area contributed by atoms with Gasteiger partial charge in [-0.1, -0.05) is 34.1 Å². The Morgan fingerprint density at radius 3 is 2.47 bits per heavy atom. The van der Waals surface area contributed by atoms with Crippen molar-refractivity contribution < 1.29 is 0 Å². The lowest BCUT2D eigenvalue weighted by atomic mass is 9.86. The lowest BCUT2D eigenvalue weighted by Crippen LogP contribution is -2.31. The minimum absolute atomic E-state index is 0.121. The van der Waals surface area contributed by atoms with Gasteiger partial charge in [0.1, 0.15) is 0 Å².